The summed E-state index contributed by atoms with van der Waals surface area (Å²) in [6.07, 6.45) is -0.211. The van der Waals surface area contributed by atoms with Crippen molar-refractivity contribution in [2.24, 2.45) is 5.73 Å². The van der Waals surface area contributed by atoms with Crippen molar-refractivity contribution in [1.29, 1.82) is 5.41 Å². The molecule has 1 aromatic rings. The Labute approximate surface area is 111 Å². The van der Waals surface area contributed by atoms with Gasteiger partial charge in [0.05, 0.1) is 29.9 Å². The standard InChI is InChI=1S/C12H16ClN3O2/c13-9-2-1-3-10(11(9)12(14)15)16-4-5-18-8(6-16)7-17/h1-3,8,17H,4-7H2,(H3,14,15). The molecule has 1 heterocycles. The molecular weight excluding hydrogens is 254 g/mol. The van der Waals surface area contributed by atoms with Gasteiger partial charge in [0.25, 0.3) is 0 Å². The molecule has 0 aromatic heterocycles. The minimum atomic E-state index is -0.211. The van der Waals surface area contributed by atoms with E-state index in [2.05, 4.69) is 0 Å². The third kappa shape index (κ3) is 2.58. The summed E-state index contributed by atoms with van der Waals surface area (Å²) in [5.74, 6) is -0.0531. The van der Waals surface area contributed by atoms with Crippen LogP contribution in [0.3, 0.4) is 0 Å². The Morgan fingerprint density at radius 3 is 3.06 bits per heavy atom. The molecule has 1 aliphatic heterocycles. The Hall–Kier alpha value is -1.30. The number of aliphatic hydroxyl groups is 1. The highest BCUT2D eigenvalue weighted by atomic mass is 35.5. The molecule has 1 aromatic carbocycles. The Balaban J connectivity index is 2.32. The summed E-state index contributed by atoms with van der Waals surface area (Å²) in [6, 6.07) is 5.42. The molecule has 1 saturated heterocycles. The normalized spacial score (nSPS) is 19.9. The predicted molar refractivity (Wildman–Crippen MR) is 71.5 cm³/mol. The lowest BCUT2D eigenvalue weighted by Crippen LogP contribution is -2.44. The molecule has 4 N–H and O–H groups in total. The van der Waals surface area contributed by atoms with E-state index in [9.17, 15) is 0 Å². The van der Waals surface area contributed by atoms with Gasteiger partial charge in [-0.05, 0) is 12.1 Å². The van der Waals surface area contributed by atoms with Crippen LogP contribution in [-0.2, 0) is 4.74 Å². The van der Waals surface area contributed by atoms with E-state index in [1.54, 1.807) is 6.07 Å². The summed E-state index contributed by atoms with van der Waals surface area (Å²) in [5.41, 5.74) is 6.94. The number of anilines is 1. The van der Waals surface area contributed by atoms with Gasteiger partial charge in [0.2, 0.25) is 0 Å². The molecule has 0 aliphatic carbocycles. The van der Waals surface area contributed by atoms with Crippen LogP contribution in [0.4, 0.5) is 5.69 Å². The van der Waals surface area contributed by atoms with E-state index in [1.165, 1.54) is 0 Å². The number of nitrogens with two attached hydrogens (primary N) is 1. The highest BCUT2D eigenvalue weighted by Crippen LogP contribution is 2.28. The Kier molecular flexibility index (Phi) is 4.06. The van der Waals surface area contributed by atoms with Gasteiger partial charge in [0.1, 0.15) is 5.84 Å². The zero-order valence-corrected chi connectivity index (χ0v) is 10.7. The van der Waals surface area contributed by atoms with Gasteiger partial charge >= 0.3 is 0 Å². The van der Waals surface area contributed by atoms with E-state index < -0.39 is 0 Å². The van der Waals surface area contributed by atoms with Gasteiger partial charge in [-0.15, -0.1) is 0 Å². The van der Waals surface area contributed by atoms with Crippen molar-refractivity contribution in [1.82, 2.24) is 0 Å². The number of aliphatic hydroxyl groups excluding tert-OH is 1. The van der Waals surface area contributed by atoms with Crippen molar-refractivity contribution >= 4 is 23.1 Å². The molecule has 2 rings (SSSR count). The Morgan fingerprint density at radius 1 is 1.61 bits per heavy atom. The molecule has 5 nitrogen and oxygen atoms in total. The van der Waals surface area contributed by atoms with E-state index in [0.29, 0.717) is 30.3 Å². The first kappa shape index (κ1) is 13.1. The van der Waals surface area contributed by atoms with Crippen LogP contribution >= 0.6 is 11.6 Å². The molecule has 1 atom stereocenters. The van der Waals surface area contributed by atoms with Crippen LogP contribution in [0.5, 0.6) is 0 Å². The van der Waals surface area contributed by atoms with E-state index >= 15 is 0 Å². The van der Waals surface area contributed by atoms with Gasteiger partial charge in [0, 0.05) is 18.8 Å². The van der Waals surface area contributed by atoms with E-state index in [1.807, 2.05) is 17.0 Å². The number of hydrogen-bond donors (Lipinski definition) is 3. The SMILES string of the molecule is N=C(N)c1c(Cl)cccc1N1CCOC(CO)C1. The zero-order chi connectivity index (χ0) is 13.1. The second-order valence-electron chi connectivity index (χ2n) is 4.17. The highest BCUT2D eigenvalue weighted by Gasteiger charge is 2.23. The maximum atomic E-state index is 9.14. The summed E-state index contributed by atoms with van der Waals surface area (Å²) in [5, 5.41) is 17.2. The summed E-state index contributed by atoms with van der Waals surface area (Å²) in [6.45, 7) is 1.77. The second kappa shape index (κ2) is 5.56. The van der Waals surface area contributed by atoms with E-state index in [4.69, 9.17) is 32.6 Å². The maximum absolute atomic E-state index is 9.14. The van der Waals surface area contributed by atoms with Gasteiger partial charge in [-0.3, -0.25) is 5.41 Å². The van der Waals surface area contributed by atoms with Crippen LogP contribution in [0.15, 0.2) is 18.2 Å². The van der Waals surface area contributed by atoms with E-state index in [-0.39, 0.29) is 18.5 Å². The number of nitrogens with one attached hydrogen (secondary N) is 1. The third-order valence-electron chi connectivity index (χ3n) is 2.94. The summed E-state index contributed by atoms with van der Waals surface area (Å²) in [7, 11) is 0. The van der Waals surface area contributed by atoms with Crippen LogP contribution in [0, 0.1) is 5.41 Å². The lowest BCUT2D eigenvalue weighted by Gasteiger charge is -2.34. The van der Waals surface area contributed by atoms with Crippen molar-refractivity contribution in [3.05, 3.63) is 28.8 Å². The average Bonchev–Trinajstić information content (AvgIpc) is 2.38. The van der Waals surface area contributed by atoms with Crippen molar-refractivity contribution in [2.75, 3.05) is 31.2 Å². The van der Waals surface area contributed by atoms with Crippen LogP contribution in [0.2, 0.25) is 5.02 Å². The van der Waals surface area contributed by atoms with Crippen molar-refractivity contribution in [2.45, 2.75) is 6.10 Å². The van der Waals surface area contributed by atoms with Crippen molar-refractivity contribution in [3.8, 4) is 0 Å². The zero-order valence-electron chi connectivity index (χ0n) is 9.90. The fourth-order valence-electron chi connectivity index (χ4n) is 2.09. The summed E-state index contributed by atoms with van der Waals surface area (Å²) < 4.78 is 5.40. The smallest absolute Gasteiger partial charge is 0.126 e. The van der Waals surface area contributed by atoms with Crippen LogP contribution in [-0.4, -0.2) is 43.3 Å². The number of amidine groups is 1. The number of halogens is 1. The molecule has 0 saturated carbocycles. The molecule has 1 fully saturated rings. The number of benzene rings is 1. The number of nitrogens with zero attached hydrogens (tertiary/aromatic N) is 1. The Morgan fingerprint density at radius 2 is 2.39 bits per heavy atom. The lowest BCUT2D eigenvalue weighted by atomic mass is 10.1. The molecule has 1 aliphatic rings. The fraction of sp³-hybridized carbons (Fsp3) is 0.417. The largest absolute Gasteiger partial charge is 0.394 e. The number of ether oxygens (including phenoxy) is 1. The minimum Gasteiger partial charge on any atom is -0.394 e. The van der Waals surface area contributed by atoms with Gasteiger partial charge in [-0.1, -0.05) is 17.7 Å². The van der Waals surface area contributed by atoms with Gasteiger partial charge < -0.3 is 20.5 Å². The van der Waals surface area contributed by atoms with Crippen LogP contribution in [0.25, 0.3) is 0 Å². The van der Waals surface area contributed by atoms with Gasteiger partial charge in [-0.2, -0.15) is 0 Å². The monoisotopic (exact) mass is 269 g/mol. The molecular formula is C12H16ClN3O2. The minimum absolute atomic E-state index is 0.0214. The molecule has 6 heteroatoms. The molecule has 0 radical (unpaired) electrons. The molecule has 1 unspecified atom stereocenters. The van der Waals surface area contributed by atoms with E-state index in [0.717, 1.165) is 5.69 Å². The lowest BCUT2D eigenvalue weighted by molar-refractivity contribution is 0.00356. The fourth-order valence-corrected chi connectivity index (χ4v) is 2.36. The molecule has 0 bridgehead atoms. The number of hydrogen-bond acceptors (Lipinski definition) is 4. The Bertz CT molecular complexity index is 453. The summed E-state index contributed by atoms with van der Waals surface area (Å²) in [4.78, 5) is 2.03. The number of nitrogen functional groups attached to an aromatic ring is 1. The van der Waals surface area contributed by atoms with Gasteiger partial charge in [-0.25, -0.2) is 0 Å². The molecule has 0 spiro atoms. The highest BCUT2D eigenvalue weighted by molar-refractivity contribution is 6.34. The first-order valence-corrected chi connectivity index (χ1v) is 6.11. The van der Waals surface area contributed by atoms with Crippen LogP contribution in [0.1, 0.15) is 5.56 Å². The topological polar surface area (TPSA) is 82.6 Å². The third-order valence-corrected chi connectivity index (χ3v) is 3.26. The number of rotatable bonds is 3. The predicted octanol–water partition coefficient (Wildman–Crippen LogP) is 0.822. The quantitative estimate of drug-likeness (QED) is 0.560. The molecule has 18 heavy (non-hydrogen) atoms. The van der Waals surface area contributed by atoms with Crippen molar-refractivity contribution < 1.29 is 9.84 Å². The average molecular weight is 270 g/mol. The first-order valence-electron chi connectivity index (χ1n) is 5.73. The maximum Gasteiger partial charge on any atom is 0.126 e. The van der Waals surface area contributed by atoms with Gasteiger partial charge in [0.15, 0.2) is 0 Å². The summed E-state index contributed by atoms with van der Waals surface area (Å²) >= 11 is 6.09. The molecule has 0 amide bonds. The molecule has 98 valence electrons. The number of morpholine rings is 1. The van der Waals surface area contributed by atoms with Crippen molar-refractivity contribution in [3.63, 3.8) is 0 Å². The van der Waals surface area contributed by atoms with Crippen LogP contribution < -0.4 is 10.6 Å². The first-order chi connectivity index (χ1) is 8.63. The second-order valence-corrected chi connectivity index (χ2v) is 4.58.